The molecule has 0 saturated heterocycles. The molecule has 1 N–H and O–H groups in total. The van der Waals surface area contributed by atoms with Crippen molar-refractivity contribution in [2.45, 2.75) is 25.9 Å². The molecule has 7 heteroatoms. The van der Waals surface area contributed by atoms with Gasteiger partial charge in [0.05, 0.1) is 6.26 Å². The summed E-state index contributed by atoms with van der Waals surface area (Å²) in [4.78, 5) is 14.7. The second-order valence-corrected chi connectivity index (χ2v) is 6.62. The van der Waals surface area contributed by atoms with E-state index < -0.39 is 0 Å². The van der Waals surface area contributed by atoms with Crippen molar-refractivity contribution in [3.05, 3.63) is 59.0 Å². The number of anilines is 2. The van der Waals surface area contributed by atoms with E-state index >= 15 is 0 Å². The number of para-hydroxylation sites is 1. The van der Waals surface area contributed by atoms with Gasteiger partial charge in [0.1, 0.15) is 5.51 Å². The third-order valence-corrected chi connectivity index (χ3v) is 4.83. The molecule has 3 aromatic rings. The molecular weight excluding hydrogens is 324 g/mol. The molecule has 4 rings (SSSR count). The summed E-state index contributed by atoms with van der Waals surface area (Å²) >= 11 is 1.27. The number of nitrogens with zero attached hydrogens (tertiary/aromatic N) is 3. The average Bonchev–Trinajstić information content (AvgIpc) is 3.29. The van der Waals surface area contributed by atoms with Crippen LogP contribution < -0.4 is 10.2 Å². The summed E-state index contributed by atoms with van der Waals surface area (Å²) in [7, 11) is 0. The molecule has 6 nitrogen and oxygen atoms in total. The molecule has 1 aromatic carbocycles. The van der Waals surface area contributed by atoms with Crippen molar-refractivity contribution in [3.8, 4) is 0 Å². The van der Waals surface area contributed by atoms with Crippen LogP contribution in [-0.4, -0.2) is 22.1 Å². The molecule has 0 spiro atoms. The first-order chi connectivity index (χ1) is 11.7. The number of nitrogens with one attached hydrogen (secondary N) is 1. The maximum absolute atomic E-state index is 12.4. The average molecular weight is 340 g/mol. The number of aromatic nitrogens is 2. The normalized spacial score (nSPS) is 16.2. The minimum atomic E-state index is -0.299. The quantitative estimate of drug-likeness (QED) is 0.789. The molecular formula is C17H16N4O2S. The summed E-state index contributed by atoms with van der Waals surface area (Å²) in [5, 5.41) is 10.7. The van der Waals surface area contributed by atoms with Gasteiger partial charge in [-0.25, -0.2) is 0 Å². The highest BCUT2D eigenvalue weighted by Gasteiger charge is 2.27. The predicted octanol–water partition coefficient (Wildman–Crippen LogP) is 3.33. The van der Waals surface area contributed by atoms with E-state index in [1.54, 1.807) is 11.8 Å². The van der Waals surface area contributed by atoms with Crippen molar-refractivity contribution in [3.63, 3.8) is 0 Å². The second kappa shape index (κ2) is 6.09. The fraction of sp³-hybridized carbons (Fsp3) is 0.235. The molecule has 1 amide bonds. The number of hydrogen-bond acceptors (Lipinski definition) is 6. The lowest BCUT2D eigenvalue weighted by Gasteiger charge is -2.24. The van der Waals surface area contributed by atoms with E-state index in [2.05, 4.69) is 45.5 Å². The van der Waals surface area contributed by atoms with Crippen LogP contribution in [0.4, 0.5) is 10.8 Å². The molecule has 122 valence electrons. The van der Waals surface area contributed by atoms with E-state index in [-0.39, 0.29) is 5.91 Å². The van der Waals surface area contributed by atoms with Crippen molar-refractivity contribution in [1.82, 2.24) is 10.2 Å². The lowest BCUT2D eigenvalue weighted by molar-refractivity contribution is 0.0995. The lowest BCUT2D eigenvalue weighted by Crippen LogP contribution is -2.29. The number of carbonyl (C=O) groups is 1. The van der Waals surface area contributed by atoms with Crippen LogP contribution in [-0.2, 0) is 13.0 Å². The maximum Gasteiger partial charge on any atom is 0.293 e. The minimum Gasteiger partial charge on any atom is -0.459 e. The van der Waals surface area contributed by atoms with Crippen LogP contribution in [0.5, 0.6) is 0 Å². The molecule has 0 fully saturated rings. The van der Waals surface area contributed by atoms with Gasteiger partial charge in [0.15, 0.2) is 5.76 Å². The van der Waals surface area contributed by atoms with Gasteiger partial charge in [-0.05, 0) is 31.0 Å². The van der Waals surface area contributed by atoms with Crippen LogP contribution in [0.15, 0.2) is 46.5 Å². The van der Waals surface area contributed by atoms with Crippen LogP contribution in [0.2, 0.25) is 0 Å². The number of rotatable bonds is 4. The first-order valence-corrected chi connectivity index (χ1v) is 8.59. The lowest BCUT2D eigenvalue weighted by atomic mass is 10.1. The molecule has 0 radical (unpaired) electrons. The molecule has 1 aliphatic heterocycles. The van der Waals surface area contributed by atoms with Crippen molar-refractivity contribution >= 4 is 28.1 Å². The second-order valence-electron chi connectivity index (χ2n) is 5.78. The SMILES string of the molecule is CC1Cc2ccccc2N1Cc1ccoc1C(=O)Nc1nncs1. The van der Waals surface area contributed by atoms with Gasteiger partial charge in [-0.3, -0.25) is 10.1 Å². The van der Waals surface area contributed by atoms with Gasteiger partial charge in [0.25, 0.3) is 5.91 Å². The monoisotopic (exact) mass is 340 g/mol. The van der Waals surface area contributed by atoms with Gasteiger partial charge >= 0.3 is 0 Å². The van der Waals surface area contributed by atoms with Crippen LogP contribution in [0, 0.1) is 0 Å². The van der Waals surface area contributed by atoms with Gasteiger partial charge in [-0.15, -0.1) is 10.2 Å². The molecule has 24 heavy (non-hydrogen) atoms. The summed E-state index contributed by atoms with van der Waals surface area (Å²) in [5.41, 5.74) is 5.00. The fourth-order valence-electron chi connectivity index (χ4n) is 3.09. The zero-order chi connectivity index (χ0) is 16.5. The summed E-state index contributed by atoms with van der Waals surface area (Å²) in [5.74, 6) is 0.0219. The Hall–Kier alpha value is -2.67. The number of furan rings is 1. The van der Waals surface area contributed by atoms with Crippen molar-refractivity contribution in [1.29, 1.82) is 0 Å². The van der Waals surface area contributed by atoms with Crippen molar-refractivity contribution < 1.29 is 9.21 Å². The first kappa shape index (κ1) is 14.9. The minimum absolute atomic E-state index is 0.299. The van der Waals surface area contributed by atoms with Crippen LogP contribution in [0.25, 0.3) is 0 Å². The zero-order valence-electron chi connectivity index (χ0n) is 13.1. The van der Waals surface area contributed by atoms with E-state index in [1.165, 1.54) is 22.6 Å². The van der Waals surface area contributed by atoms with E-state index in [0.717, 1.165) is 12.0 Å². The Kier molecular flexibility index (Phi) is 3.78. The Bertz CT molecular complexity index is 859. The Morgan fingerprint density at radius 3 is 3.12 bits per heavy atom. The van der Waals surface area contributed by atoms with E-state index in [9.17, 15) is 4.79 Å². The van der Waals surface area contributed by atoms with Gasteiger partial charge in [0.2, 0.25) is 5.13 Å². The third-order valence-electron chi connectivity index (χ3n) is 4.22. The molecule has 1 atom stereocenters. The Labute approximate surface area is 143 Å². The van der Waals surface area contributed by atoms with Crippen LogP contribution in [0.1, 0.15) is 28.6 Å². The van der Waals surface area contributed by atoms with Crippen molar-refractivity contribution in [2.75, 3.05) is 10.2 Å². The number of fused-ring (bicyclic) bond motifs is 1. The number of benzene rings is 1. The molecule has 3 heterocycles. The van der Waals surface area contributed by atoms with E-state index in [1.807, 2.05) is 12.1 Å². The van der Waals surface area contributed by atoms with Gasteiger partial charge in [-0.2, -0.15) is 0 Å². The van der Waals surface area contributed by atoms with Crippen LogP contribution in [0.3, 0.4) is 0 Å². The fourth-order valence-corrected chi connectivity index (χ4v) is 3.53. The van der Waals surface area contributed by atoms with Crippen LogP contribution >= 0.6 is 11.3 Å². The largest absolute Gasteiger partial charge is 0.459 e. The topological polar surface area (TPSA) is 71.3 Å². The highest BCUT2D eigenvalue weighted by molar-refractivity contribution is 7.13. The van der Waals surface area contributed by atoms with Gasteiger partial charge in [-0.1, -0.05) is 29.5 Å². The molecule has 0 saturated carbocycles. The number of amides is 1. The number of carbonyl (C=O) groups excluding carboxylic acids is 1. The summed E-state index contributed by atoms with van der Waals surface area (Å²) in [6.07, 6.45) is 2.57. The molecule has 0 bridgehead atoms. The maximum atomic E-state index is 12.4. The molecule has 2 aromatic heterocycles. The predicted molar refractivity (Wildman–Crippen MR) is 92.4 cm³/mol. The van der Waals surface area contributed by atoms with E-state index in [4.69, 9.17) is 4.42 Å². The van der Waals surface area contributed by atoms with E-state index in [0.29, 0.717) is 23.5 Å². The molecule has 0 aliphatic carbocycles. The zero-order valence-corrected chi connectivity index (χ0v) is 13.9. The van der Waals surface area contributed by atoms with Crippen molar-refractivity contribution in [2.24, 2.45) is 0 Å². The Morgan fingerprint density at radius 1 is 1.42 bits per heavy atom. The Morgan fingerprint density at radius 2 is 2.29 bits per heavy atom. The standard InChI is InChI=1S/C17H16N4O2S/c1-11-8-12-4-2-3-5-14(12)21(11)9-13-6-7-23-15(13)16(22)19-17-20-18-10-24-17/h2-7,10-11H,8-9H2,1H3,(H,19,20,22). The summed E-state index contributed by atoms with van der Waals surface area (Å²) in [6, 6.07) is 10.6. The Balaban J connectivity index is 1.56. The summed E-state index contributed by atoms with van der Waals surface area (Å²) < 4.78 is 5.43. The molecule has 1 unspecified atom stereocenters. The smallest absolute Gasteiger partial charge is 0.293 e. The molecule has 1 aliphatic rings. The van der Waals surface area contributed by atoms with Gasteiger partial charge in [0, 0.05) is 23.8 Å². The summed E-state index contributed by atoms with van der Waals surface area (Å²) in [6.45, 7) is 2.83. The first-order valence-electron chi connectivity index (χ1n) is 7.71. The third kappa shape index (κ3) is 2.67. The van der Waals surface area contributed by atoms with Gasteiger partial charge < -0.3 is 9.32 Å². The number of hydrogen-bond donors (Lipinski definition) is 1. The highest BCUT2D eigenvalue weighted by atomic mass is 32.1. The highest BCUT2D eigenvalue weighted by Crippen LogP contribution is 2.33.